The van der Waals surface area contributed by atoms with Gasteiger partial charge in [0.05, 0.1) is 22.8 Å². The highest BCUT2D eigenvalue weighted by atomic mass is 19.4. The average molecular weight is 596 g/mol. The molecular weight excluding hydrogens is 572 g/mol. The fourth-order valence-electron chi connectivity index (χ4n) is 5.23. The van der Waals surface area contributed by atoms with Gasteiger partial charge >= 0.3 is 12.4 Å². The maximum atomic E-state index is 13.4. The first-order chi connectivity index (χ1) is 19.0. The van der Waals surface area contributed by atoms with Crippen LogP contribution < -0.4 is 20.1 Å². The number of benzene rings is 2. The lowest BCUT2D eigenvalue weighted by molar-refractivity contribution is -0.141. The second-order valence-electron chi connectivity index (χ2n) is 10.1. The van der Waals surface area contributed by atoms with Crippen molar-refractivity contribution in [1.29, 1.82) is 0 Å². The summed E-state index contributed by atoms with van der Waals surface area (Å²) < 4.78 is 114. The van der Waals surface area contributed by atoms with Crippen molar-refractivity contribution >= 4 is 11.8 Å². The van der Waals surface area contributed by atoms with E-state index >= 15 is 0 Å². The molecule has 3 saturated carbocycles. The molecule has 3 aliphatic carbocycles. The quantitative estimate of drug-likeness (QED) is 0.390. The van der Waals surface area contributed by atoms with E-state index in [1.54, 1.807) is 0 Å². The number of carbonyl (C=O) groups excluding carboxylic acids is 2. The van der Waals surface area contributed by atoms with E-state index < -0.39 is 77.3 Å². The van der Waals surface area contributed by atoms with Gasteiger partial charge in [-0.1, -0.05) is 0 Å². The number of aliphatic hydroxyl groups excluding tert-OH is 1. The Hall–Kier alpha value is -3.62. The van der Waals surface area contributed by atoms with Crippen molar-refractivity contribution in [2.45, 2.75) is 61.6 Å². The molecule has 3 aliphatic rings. The minimum atomic E-state index is -4.95. The second-order valence-corrected chi connectivity index (χ2v) is 10.1. The Morgan fingerprint density at radius 2 is 1.22 bits per heavy atom. The van der Waals surface area contributed by atoms with Crippen LogP contribution >= 0.6 is 0 Å². The highest BCUT2D eigenvalue weighted by molar-refractivity contribution is 5.79. The lowest BCUT2D eigenvalue weighted by atomic mass is 9.60. The van der Waals surface area contributed by atoms with E-state index in [0.29, 0.717) is 37.1 Å². The van der Waals surface area contributed by atoms with E-state index in [1.165, 1.54) is 0 Å². The summed E-state index contributed by atoms with van der Waals surface area (Å²) in [5.41, 5.74) is -5.03. The van der Waals surface area contributed by atoms with Crippen LogP contribution in [0.15, 0.2) is 36.4 Å². The largest absolute Gasteiger partial charge is 0.484 e. The van der Waals surface area contributed by atoms with Crippen LogP contribution in [0, 0.1) is 11.6 Å². The van der Waals surface area contributed by atoms with Crippen LogP contribution in [0.2, 0.25) is 0 Å². The van der Waals surface area contributed by atoms with E-state index in [0.717, 1.165) is 12.1 Å². The van der Waals surface area contributed by atoms with Gasteiger partial charge in [-0.3, -0.25) is 9.59 Å². The van der Waals surface area contributed by atoms with Crippen LogP contribution in [0.25, 0.3) is 0 Å². The highest BCUT2D eigenvalue weighted by Gasteiger charge is 2.55. The third-order valence-corrected chi connectivity index (χ3v) is 7.34. The Bertz CT molecular complexity index is 1310. The van der Waals surface area contributed by atoms with Gasteiger partial charge in [-0.25, -0.2) is 8.78 Å². The highest BCUT2D eigenvalue weighted by Crippen LogP contribution is 2.47. The van der Waals surface area contributed by atoms with Gasteiger partial charge in [0.1, 0.15) is 23.1 Å². The number of hydrogen-bond acceptors (Lipinski definition) is 5. The lowest BCUT2D eigenvalue weighted by Crippen LogP contribution is -2.70. The van der Waals surface area contributed by atoms with E-state index in [-0.39, 0.29) is 30.8 Å². The zero-order valence-corrected chi connectivity index (χ0v) is 21.1. The molecule has 0 heterocycles. The van der Waals surface area contributed by atoms with Gasteiger partial charge in [-0.15, -0.1) is 0 Å². The van der Waals surface area contributed by atoms with Gasteiger partial charge in [0.2, 0.25) is 0 Å². The number of ether oxygens (including phenoxy) is 2. The molecular formula is C26H24F8N2O5. The molecule has 0 saturated heterocycles. The zero-order valence-electron chi connectivity index (χ0n) is 21.1. The molecule has 15 heteroatoms. The Morgan fingerprint density at radius 1 is 0.780 bits per heavy atom. The summed E-state index contributed by atoms with van der Waals surface area (Å²) >= 11 is 0. The fraction of sp³-hybridized carbons (Fsp3) is 0.462. The number of fused-ring (bicyclic) bond motifs is 3. The number of hydrogen-bond donors (Lipinski definition) is 3. The minimum absolute atomic E-state index is 0.0293. The fourth-order valence-corrected chi connectivity index (χ4v) is 5.23. The van der Waals surface area contributed by atoms with Crippen LogP contribution in [-0.2, 0) is 21.9 Å². The van der Waals surface area contributed by atoms with Crippen molar-refractivity contribution in [3.05, 3.63) is 59.2 Å². The molecule has 224 valence electrons. The van der Waals surface area contributed by atoms with Gasteiger partial charge in [0, 0.05) is 5.54 Å². The molecule has 1 atom stereocenters. The Morgan fingerprint density at radius 3 is 1.63 bits per heavy atom. The first-order valence-electron chi connectivity index (χ1n) is 12.3. The lowest BCUT2D eigenvalue weighted by Gasteiger charge is -2.56. The molecule has 3 N–H and O–H groups in total. The molecule has 7 nitrogen and oxygen atoms in total. The van der Waals surface area contributed by atoms with Crippen LogP contribution in [0.1, 0.15) is 43.2 Å². The van der Waals surface area contributed by atoms with Crippen molar-refractivity contribution in [3.63, 3.8) is 0 Å². The molecule has 0 radical (unpaired) electrons. The number of alkyl halides is 6. The third kappa shape index (κ3) is 6.82. The van der Waals surface area contributed by atoms with Gasteiger partial charge in [0.15, 0.2) is 13.2 Å². The summed E-state index contributed by atoms with van der Waals surface area (Å²) in [5, 5.41) is 16.2. The van der Waals surface area contributed by atoms with Crippen molar-refractivity contribution < 1.29 is 59.3 Å². The van der Waals surface area contributed by atoms with Crippen molar-refractivity contribution in [2.75, 3.05) is 13.2 Å². The van der Waals surface area contributed by atoms with Crippen LogP contribution in [-0.4, -0.2) is 47.3 Å². The number of carbonyl (C=O) groups is 2. The Balaban J connectivity index is 1.29. The zero-order chi connectivity index (χ0) is 30.2. The number of rotatable bonds is 8. The molecule has 0 unspecified atom stereocenters. The first-order valence-corrected chi connectivity index (χ1v) is 12.3. The molecule has 2 aromatic carbocycles. The summed E-state index contributed by atoms with van der Waals surface area (Å²) in [4.78, 5) is 25.0. The van der Waals surface area contributed by atoms with Gasteiger partial charge in [-0.2, -0.15) is 26.3 Å². The molecule has 0 aromatic heterocycles. The summed E-state index contributed by atoms with van der Waals surface area (Å²) in [6, 6.07) is 3.91. The molecule has 3 fully saturated rings. The summed E-state index contributed by atoms with van der Waals surface area (Å²) in [5.74, 6) is -5.13. The molecule has 2 amide bonds. The third-order valence-electron chi connectivity index (χ3n) is 7.34. The SMILES string of the molecule is O=C(COc1ccc(F)c(C(F)(F)F)c1)NC12CCC(NC(=O)COc3ccc(F)c(C(F)(F)F)c3)(CC1)[C@H](O)C2. The molecule has 2 aromatic rings. The maximum absolute atomic E-state index is 13.4. The minimum Gasteiger partial charge on any atom is -0.484 e. The molecule has 41 heavy (non-hydrogen) atoms. The van der Waals surface area contributed by atoms with E-state index in [1.807, 2.05) is 0 Å². The number of nitrogens with one attached hydrogen (secondary N) is 2. The maximum Gasteiger partial charge on any atom is 0.419 e. The monoisotopic (exact) mass is 596 g/mol. The van der Waals surface area contributed by atoms with Crippen LogP contribution in [0.5, 0.6) is 11.5 Å². The number of aliphatic hydroxyl groups is 1. The number of amides is 2. The van der Waals surface area contributed by atoms with Gasteiger partial charge in [0.25, 0.3) is 11.8 Å². The molecule has 0 spiro atoms. The van der Waals surface area contributed by atoms with E-state index in [4.69, 9.17) is 9.47 Å². The molecule has 2 bridgehead atoms. The topological polar surface area (TPSA) is 96.9 Å². The second kappa shape index (κ2) is 11.0. The molecule has 0 aliphatic heterocycles. The van der Waals surface area contributed by atoms with Gasteiger partial charge < -0.3 is 25.2 Å². The van der Waals surface area contributed by atoms with Crippen LogP contribution in [0.3, 0.4) is 0 Å². The van der Waals surface area contributed by atoms with E-state index in [2.05, 4.69) is 10.6 Å². The van der Waals surface area contributed by atoms with Crippen molar-refractivity contribution in [3.8, 4) is 11.5 Å². The smallest absolute Gasteiger partial charge is 0.419 e. The van der Waals surface area contributed by atoms with Crippen molar-refractivity contribution in [2.24, 2.45) is 0 Å². The predicted octanol–water partition coefficient (Wildman–Crippen LogP) is 4.51. The average Bonchev–Trinajstić information content (AvgIpc) is 2.87. The first kappa shape index (κ1) is 30.3. The number of halogens is 8. The Labute approximate surface area is 227 Å². The Kier molecular flexibility index (Phi) is 8.13. The van der Waals surface area contributed by atoms with Crippen LogP contribution in [0.4, 0.5) is 35.1 Å². The van der Waals surface area contributed by atoms with Crippen molar-refractivity contribution in [1.82, 2.24) is 10.6 Å². The normalized spacial score (nSPS) is 24.1. The summed E-state index contributed by atoms with van der Waals surface area (Å²) in [6.45, 7) is -1.37. The molecule has 5 rings (SSSR count). The summed E-state index contributed by atoms with van der Waals surface area (Å²) in [6.07, 6.45) is -9.91. The van der Waals surface area contributed by atoms with E-state index in [9.17, 15) is 49.8 Å². The van der Waals surface area contributed by atoms with Gasteiger partial charge in [-0.05, 0) is 68.5 Å². The standard InChI is InChI=1S/C26H24F8N2O5/c27-18-3-1-14(9-16(18)25(29,30)31)40-12-21(38)35-23-5-7-24(8-6-23,20(37)11-23)36-22(39)13-41-15-2-4-19(28)17(10-15)26(32,33)34/h1-4,9-10,20,37H,5-8,11-13H2,(H,35,38)(H,36,39)/t20-,23?,24?/m1/s1. The summed E-state index contributed by atoms with van der Waals surface area (Å²) in [7, 11) is 0. The predicted molar refractivity (Wildman–Crippen MR) is 125 cm³/mol.